The zero-order valence-corrected chi connectivity index (χ0v) is 10.6. The molecule has 4 heterocycles. The Balaban J connectivity index is 0.000000121. The lowest BCUT2D eigenvalue weighted by Gasteiger charge is -1.86. The van der Waals surface area contributed by atoms with E-state index in [-0.39, 0.29) is 5.56 Å². The number of hydrogen-bond donors (Lipinski definition) is 3. The summed E-state index contributed by atoms with van der Waals surface area (Å²) in [5.41, 5.74) is 1.96. The van der Waals surface area contributed by atoms with Crippen molar-refractivity contribution in [3.63, 3.8) is 0 Å². The predicted molar refractivity (Wildman–Crippen MR) is 71.2 cm³/mol. The third-order valence-corrected chi connectivity index (χ3v) is 2.68. The number of fused-ring (bicyclic) bond motifs is 2. The minimum Gasteiger partial charge on any atom is -0.339 e. The molecule has 10 heteroatoms. The molecule has 9 nitrogen and oxygen atoms in total. The summed E-state index contributed by atoms with van der Waals surface area (Å²) < 4.78 is 0. The standard InChI is InChI=1S/C5H3ClN4.C5H4N4O/c6-4-3-5(9-1-7-3)10-2-8-4;10-5-3-4(7-1-6-3)8-2-9-5/h1-2H,(H,7,8,9,10);1-2H,(H2,6,7,8,9,10). The molecule has 0 aliphatic heterocycles. The summed E-state index contributed by atoms with van der Waals surface area (Å²) in [6, 6.07) is 0. The first-order valence-electron chi connectivity index (χ1n) is 5.42. The summed E-state index contributed by atoms with van der Waals surface area (Å²) in [7, 11) is 0. The van der Waals surface area contributed by atoms with Gasteiger partial charge in [-0.25, -0.2) is 24.9 Å². The van der Waals surface area contributed by atoms with Gasteiger partial charge in [0.2, 0.25) is 0 Å². The summed E-state index contributed by atoms with van der Waals surface area (Å²) in [4.78, 5) is 37.9. The van der Waals surface area contributed by atoms with Gasteiger partial charge in [0.25, 0.3) is 5.56 Å². The van der Waals surface area contributed by atoms with E-state index in [1.54, 1.807) is 0 Å². The van der Waals surface area contributed by atoms with Crippen LogP contribution in [-0.2, 0) is 0 Å². The van der Waals surface area contributed by atoms with Gasteiger partial charge in [0, 0.05) is 0 Å². The van der Waals surface area contributed by atoms with Crippen LogP contribution in [0.4, 0.5) is 0 Å². The van der Waals surface area contributed by atoms with Gasteiger partial charge in [-0.2, -0.15) is 0 Å². The van der Waals surface area contributed by atoms with Gasteiger partial charge in [0.1, 0.15) is 11.8 Å². The van der Waals surface area contributed by atoms with Crippen LogP contribution in [0.15, 0.2) is 30.1 Å². The SMILES string of the molecule is Clc1ncnc2[nH]cnc12.O=c1[nH]cnc2nc[nH]c12. The van der Waals surface area contributed by atoms with Gasteiger partial charge >= 0.3 is 0 Å². The molecule has 0 radical (unpaired) electrons. The van der Waals surface area contributed by atoms with E-state index in [0.29, 0.717) is 27.5 Å². The van der Waals surface area contributed by atoms with E-state index < -0.39 is 0 Å². The van der Waals surface area contributed by atoms with Crippen LogP contribution in [0.3, 0.4) is 0 Å². The number of nitrogens with zero attached hydrogens (tertiary/aromatic N) is 5. The lowest BCUT2D eigenvalue weighted by molar-refractivity contribution is 1.15. The molecule has 4 rings (SSSR count). The maximum absolute atomic E-state index is 10.9. The lowest BCUT2D eigenvalue weighted by Crippen LogP contribution is -2.05. The van der Waals surface area contributed by atoms with Crippen molar-refractivity contribution in [2.75, 3.05) is 0 Å². The largest absolute Gasteiger partial charge is 0.339 e. The second-order valence-corrected chi connectivity index (χ2v) is 3.96. The summed E-state index contributed by atoms with van der Waals surface area (Å²) in [6.07, 6.45) is 5.69. The van der Waals surface area contributed by atoms with Gasteiger partial charge in [0.15, 0.2) is 22.0 Å². The summed E-state index contributed by atoms with van der Waals surface area (Å²) in [5.74, 6) is 0. The van der Waals surface area contributed by atoms with Crippen molar-refractivity contribution in [1.29, 1.82) is 0 Å². The minimum atomic E-state index is -0.192. The lowest BCUT2D eigenvalue weighted by atomic mass is 10.6. The molecule has 0 aliphatic carbocycles. The normalized spacial score (nSPS) is 10.4. The third-order valence-electron chi connectivity index (χ3n) is 2.40. The highest BCUT2D eigenvalue weighted by Crippen LogP contribution is 2.13. The number of H-pyrrole nitrogens is 3. The van der Waals surface area contributed by atoms with Crippen LogP contribution >= 0.6 is 11.6 Å². The number of halogens is 1. The first kappa shape index (κ1) is 12.2. The highest BCUT2D eigenvalue weighted by Gasteiger charge is 2.00. The molecule has 0 spiro atoms. The van der Waals surface area contributed by atoms with Gasteiger partial charge in [-0.3, -0.25) is 4.79 Å². The van der Waals surface area contributed by atoms with Crippen molar-refractivity contribution in [2.24, 2.45) is 0 Å². The van der Waals surface area contributed by atoms with Crippen LogP contribution < -0.4 is 5.56 Å². The number of imidazole rings is 2. The van der Waals surface area contributed by atoms with Crippen molar-refractivity contribution in [1.82, 2.24) is 39.9 Å². The highest BCUT2D eigenvalue weighted by atomic mass is 35.5. The van der Waals surface area contributed by atoms with Gasteiger partial charge in [-0.15, -0.1) is 0 Å². The van der Waals surface area contributed by atoms with E-state index in [9.17, 15) is 4.79 Å². The van der Waals surface area contributed by atoms with Crippen molar-refractivity contribution in [3.05, 3.63) is 40.8 Å². The Morgan fingerprint density at radius 2 is 1.65 bits per heavy atom. The molecule has 0 saturated carbocycles. The van der Waals surface area contributed by atoms with Crippen LogP contribution in [0.1, 0.15) is 0 Å². The number of aromatic nitrogens is 8. The molecule has 0 bridgehead atoms. The Hall–Kier alpha value is -2.81. The molecule has 20 heavy (non-hydrogen) atoms. The third kappa shape index (κ3) is 2.21. The summed E-state index contributed by atoms with van der Waals surface area (Å²) in [5, 5.41) is 0.381. The average Bonchev–Trinajstić information content (AvgIpc) is 3.08. The van der Waals surface area contributed by atoms with Gasteiger partial charge in [0.05, 0.1) is 19.0 Å². The van der Waals surface area contributed by atoms with Crippen LogP contribution in [0.2, 0.25) is 5.15 Å². The van der Waals surface area contributed by atoms with Crippen LogP contribution in [0.5, 0.6) is 0 Å². The Morgan fingerprint density at radius 3 is 2.40 bits per heavy atom. The molecule has 0 saturated heterocycles. The van der Waals surface area contributed by atoms with E-state index >= 15 is 0 Å². The van der Waals surface area contributed by atoms with Crippen LogP contribution in [0.25, 0.3) is 22.3 Å². The Morgan fingerprint density at radius 1 is 0.900 bits per heavy atom. The van der Waals surface area contributed by atoms with E-state index in [0.717, 1.165) is 0 Å². The molecule has 0 aromatic carbocycles. The molecule has 3 N–H and O–H groups in total. The van der Waals surface area contributed by atoms with Crippen molar-refractivity contribution >= 4 is 33.9 Å². The molecule has 4 aromatic heterocycles. The van der Waals surface area contributed by atoms with Crippen molar-refractivity contribution in [2.45, 2.75) is 0 Å². The molecule has 100 valence electrons. The Bertz CT molecular complexity index is 910. The topological polar surface area (TPSA) is 129 Å². The van der Waals surface area contributed by atoms with Crippen LogP contribution in [-0.4, -0.2) is 39.9 Å². The maximum Gasteiger partial charge on any atom is 0.276 e. The Labute approximate surface area is 115 Å². The molecule has 4 aromatic rings. The summed E-state index contributed by atoms with van der Waals surface area (Å²) in [6.45, 7) is 0. The molecule has 0 atom stereocenters. The quantitative estimate of drug-likeness (QED) is 0.408. The van der Waals surface area contributed by atoms with Gasteiger partial charge < -0.3 is 15.0 Å². The minimum absolute atomic E-state index is 0.192. The molecule has 0 unspecified atom stereocenters. The Kier molecular flexibility index (Phi) is 3.09. The zero-order chi connectivity index (χ0) is 13.9. The fourth-order valence-electron chi connectivity index (χ4n) is 1.51. The molecular weight excluding hydrogens is 284 g/mol. The zero-order valence-electron chi connectivity index (χ0n) is 9.83. The molecule has 0 amide bonds. The first-order chi connectivity index (χ1) is 9.75. The predicted octanol–water partition coefficient (Wildman–Crippen LogP) is 0.652. The number of nitrogens with one attached hydrogen (secondary N) is 3. The second kappa shape index (κ2) is 5.05. The monoisotopic (exact) mass is 290 g/mol. The van der Waals surface area contributed by atoms with Crippen LogP contribution in [0, 0.1) is 0 Å². The van der Waals surface area contributed by atoms with Crippen molar-refractivity contribution in [3.8, 4) is 0 Å². The van der Waals surface area contributed by atoms with E-state index in [1.165, 1.54) is 25.3 Å². The highest BCUT2D eigenvalue weighted by molar-refractivity contribution is 6.33. The number of hydrogen-bond acceptors (Lipinski definition) is 6. The van der Waals surface area contributed by atoms with E-state index in [1.807, 2.05) is 0 Å². The second-order valence-electron chi connectivity index (χ2n) is 3.60. The first-order valence-corrected chi connectivity index (χ1v) is 5.80. The van der Waals surface area contributed by atoms with Gasteiger partial charge in [-0.1, -0.05) is 11.6 Å². The molecule has 0 fully saturated rings. The molecule has 0 aliphatic rings. The smallest absolute Gasteiger partial charge is 0.276 e. The maximum atomic E-state index is 10.9. The number of aromatic amines is 3. The fourth-order valence-corrected chi connectivity index (χ4v) is 1.69. The van der Waals surface area contributed by atoms with E-state index in [2.05, 4.69) is 39.9 Å². The fraction of sp³-hybridized carbons (Fsp3) is 0. The summed E-state index contributed by atoms with van der Waals surface area (Å²) >= 11 is 5.66. The van der Waals surface area contributed by atoms with E-state index in [4.69, 9.17) is 11.6 Å². The average molecular weight is 291 g/mol. The number of rotatable bonds is 0. The van der Waals surface area contributed by atoms with Gasteiger partial charge in [-0.05, 0) is 0 Å². The molecular formula is C10H7ClN8O. The van der Waals surface area contributed by atoms with Crippen molar-refractivity contribution < 1.29 is 0 Å².